The number of halogens is 40. The fourth-order valence-electron chi connectivity index (χ4n) is 9.45. The quantitative estimate of drug-likeness (QED) is 0.0606. The van der Waals surface area contributed by atoms with E-state index in [4.69, 9.17) is 10.0 Å². The highest BCUT2D eigenvalue weighted by Crippen LogP contribution is 2.43. The van der Waals surface area contributed by atoms with Gasteiger partial charge in [0.05, 0.1) is 44.5 Å². The number of fused-ring (bicyclic) bond motifs is 6. The molecule has 12 aromatic rings. The van der Waals surface area contributed by atoms with Crippen molar-refractivity contribution in [1.82, 2.24) is 0 Å². The van der Waals surface area contributed by atoms with Crippen LogP contribution >= 0.6 is 0 Å². The van der Waals surface area contributed by atoms with Crippen LogP contribution in [0.15, 0.2) is 72.8 Å². The van der Waals surface area contributed by atoms with E-state index in [1.54, 1.807) is 0 Å². The molecule has 0 unspecified atom stereocenters. The molecule has 0 aromatic heterocycles. The van der Waals surface area contributed by atoms with Gasteiger partial charge < -0.3 is 10.0 Å². The molecule has 0 saturated heterocycles. The molecule has 43 heteroatoms. The molecule has 0 bridgehead atoms. The highest BCUT2D eigenvalue weighted by Gasteiger charge is 2.40. The van der Waals surface area contributed by atoms with Gasteiger partial charge in [0.2, 0.25) is 46.5 Å². The molecule has 109 heavy (non-hydrogen) atoms. The molecule has 2 nitrogen and oxygen atoms in total. The van der Waals surface area contributed by atoms with Crippen LogP contribution in [0, 0.1) is 233 Å². The first kappa shape index (κ1) is 84.9. The molecule has 0 aliphatic heterocycles. The summed E-state index contributed by atoms with van der Waals surface area (Å²) >= 11 is 0. The van der Waals surface area contributed by atoms with E-state index in [-0.39, 0.29) is 0 Å². The average Bonchev–Trinajstić information content (AvgIpc) is 0.776. The predicted molar refractivity (Wildman–Crippen MR) is 296 cm³/mol. The molecule has 0 saturated carbocycles. The monoisotopic (exact) mass is 1610 g/mol. The Labute approximate surface area is 574 Å². The van der Waals surface area contributed by atoms with E-state index in [1.807, 2.05) is 0 Å². The fourth-order valence-corrected chi connectivity index (χ4v) is 9.45. The number of rotatable bonds is 4. The molecule has 12 aromatic carbocycles. The van der Waals surface area contributed by atoms with Crippen LogP contribution in [-0.4, -0.2) is 17.7 Å². The van der Waals surface area contributed by atoms with Gasteiger partial charge in [0.1, 0.15) is 0 Å². The second-order valence-corrected chi connectivity index (χ2v) is 20.3. The van der Waals surface area contributed by atoms with Gasteiger partial charge in [0.25, 0.3) is 0 Å². The molecule has 2 N–H and O–H groups in total. The van der Waals surface area contributed by atoms with Crippen LogP contribution in [0.5, 0.6) is 0 Å². The average molecular weight is 1610 g/mol. The van der Waals surface area contributed by atoms with E-state index in [2.05, 4.69) is 72.8 Å². The summed E-state index contributed by atoms with van der Waals surface area (Å²) < 4.78 is 525. The van der Waals surface area contributed by atoms with Crippen LogP contribution in [-0.2, 0) is 0 Å². The summed E-state index contributed by atoms with van der Waals surface area (Å²) in [6.45, 7) is 0. The van der Waals surface area contributed by atoms with Gasteiger partial charge in [-0.2, -0.15) is 0 Å². The van der Waals surface area contributed by atoms with Crippen molar-refractivity contribution in [2.45, 2.75) is 0 Å². The Morgan fingerprint density at radius 1 is 0.119 bits per heavy atom. The van der Waals surface area contributed by atoms with Gasteiger partial charge in [-0.25, -0.2) is 176 Å². The van der Waals surface area contributed by atoms with E-state index in [0.29, 0.717) is 0 Å². The van der Waals surface area contributed by atoms with Gasteiger partial charge >= 0.3 is 7.69 Å². The van der Waals surface area contributed by atoms with Crippen LogP contribution in [0.25, 0.3) is 76.8 Å². The third-order valence-electron chi connectivity index (χ3n) is 14.3. The summed E-state index contributed by atoms with van der Waals surface area (Å²) in [6, 6.07) is 26.0. The first-order chi connectivity index (χ1) is 50.8. The minimum Gasteiger partial charge on any atom is -0.430 e. The van der Waals surface area contributed by atoms with Crippen molar-refractivity contribution in [2.75, 3.05) is 0 Å². The summed E-state index contributed by atoms with van der Waals surface area (Å²) in [6.07, 6.45) is 0. The van der Waals surface area contributed by atoms with E-state index in [0.717, 1.165) is 0 Å². The smallest absolute Gasteiger partial charge is 0.430 e. The molecule has 0 radical (unpaired) electrons. The normalized spacial score (nSPS) is 11.0. The Morgan fingerprint density at radius 2 is 0.174 bits per heavy atom. The number of hydrogen-bond donors (Lipinski definition) is 2. The van der Waals surface area contributed by atoms with Gasteiger partial charge in [0.15, 0.2) is 186 Å². The highest BCUT2D eigenvalue weighted by molar-refractivity contribution is 6.25. The Hall–Kier alpha value is -11.4. The van der Waals surface area contributed by atoms with Crippen molar-refractivity contribution in [2.24, 2.45) is 0 Å². The second-order valence-electron chi connectivity index (χ2n) is 20.3. The SMILES string of the molecule is Fc1c(F)c(F)c(-c2c(F)c(F)c(F)c(F)c2F)c(F)c1F.Fc1c(F)c(F)c(-c2c(F)c(F)c(F)c(F)c2F)c(F)c1F.Fc1c(F)c(F)c(-c2c(F)c(F)c(F)c(F)c2F)c(F)c1F.Fc1c(F)c(F)c(-c2c(F)c(F)c(F)c(F)c2F)c(F)c1F.OBO.c1ccc2c(c1)c1ccccc1c1ccccc21. The zero-order chi connectivity index (χ0) is 82.4. The van der Waals surface area contributed by atoms with Crippen LogP contribution in [0.1, 0.15) is 0 Å². The number of hydrogen-bond acceptors (Lipinski definition) is 2. The van der Waals surface area contributed by atoms with E-state index in [1.165, 1.54) is 32.3 Å². The molecule has 0 spiro atoms. The Bertz CT molecular complexity index is 4450. The minimum absolute atomic E-state index is 0.750. The van der Waals surface area contributed by atoms with Crippen LogP contribution in [0.2, 0.25) is 0 Å². The van der Waals surface area contributed by atoms with Crippen molar-refractivity contribution < 1.29 is 186 Å². The molecule has 0 amide bonds. The van der Waals surface area contributed by atoms with Crippen LogP contribution < -0.4 is 0 Å². The summed E-state index contributed by atoms with van der Waals surface area (Å²) in [4.78, 5) is 0. The molecule has 12 rings (SSSR count). The third kappa shape index (κ3) is 14.8. The third-order valence-corrected chi connectivity index (χ3v) is 14.3. The predicted octanol–water partition coefficient (Wildman–Crippen LogP) is 22.4. The molecule has 0 atom stereocenters. The maximum Gasteiger partial charge on any atom is 0.432 e. The van der Waals surface area contributed by atoms with Gasteiger partial charge in [-0.1, -0.05) is 72.8 Å². The van der Waals surface area contributed by atoms with E-state index < -0.39 is 285 Å². The van der Waals surface area contributed by atoms with Gasteiger partial charge in [0, 0.05) is 0 Å². The minimum atomic E-state index is -2.68. The zero-order valence-corrected chi connectivity index (χ0v) is 50.6. The van der Waals surface area contributed by atoms with Gasteiger partial charge in [-0.15, -0.1) is 0 Å². The van der Waals surface area contributed by atoms with Crippen molar-refractivity contribution >= 4 is 40.0 Å². The van der Waals surface area contributed by atoms with E-state index >= 15 is 0 Å². The Kier molecular flexibility index (Phi) is 25.7. The Morgan fingerprint density at radius 3 is 0.239 bits per heavy atom. The topological polar surface area (TPSA) is 40.5 Å². The Balaban J connectivity index is 0.000000188. The molecular formula is C66H15BF40O2. The summed E-state index contributed by atoms with van der Waals surface area (Å²) in [5, 5.41) is 22.3. The molecule has 0 heterocycles. The fraction of sp³-hybridized carbons (Fsp3) is 0. The van der Waals surface area contributed by atoms with Crippen molar-refractivity contribution in [1.29, 1.82) is 0 Å². The standard InChI is InChI=1S/C18H12.4C12F10.BH3O2/c1-2-8-14-13(7-1)15-9-3-4-11-17(15)18-12-6-5-10-16(14)18;4*13-3-1(4(14)8(18)11(21)7(3)17)2-5(15)9(19)12(22)10(20)6(2)16;2-1-3/h1-12H;;;;;1-3H. The number of benzene rings is 12. The lowest BCUT2D eigenvalue weighted by atomic mass is 9.95. The molecule has 0 aliphatic rings. The molecule has 0 aliphatic carbocycles. The largest absolute Gasteiger partial charge is 0.432 e. The van der Waals surface area contributed by atoms with Crippen molar-refractivity contribution in [3.8, 4) is 44.5 Å². The van der Waals surface area contributed by atoms with Gasteiger partial charge in [-0.05, 0) is 32.3 Å². The van der Waals surface area contributed by atoms with Crippen molar-refractivity contribution in [3.05, 3.63) is 305 Å². The maximum absolute atomic E-state index is 13.4. The lowest BCUT2D eigenvalue weighted by molar-refractivity contribution is 0.370. The van der Waals surface area contributed by atoms with Crippen LogP contribution in [0.4, 0.5) is 176 Å². The summed E-state index contributed by atoms with van der Waals surface area (Å²) in [5.41, 5.74) is -18.1. The molecule has 574 valence electrons. The lowest BCUT2D eigenvalue weighted by Crippen LogP contribution is -2.10. The molecular weight excluding hydrogens is 1600 g/mol. The summed E-state index contributed by atoms with van der Waals surface area (Å²) in [7, 11) is -0.750. The summed E-state index contributed by atoms with van der Waals surface area (Å²) in [5.74, 6) is -107. The van der Waals surface area contributed by atoms with Crippen LogP contribution in [0.3, 0.4) is 0 Å². The first-order valence-corrected chi connectivity index (χ1v) is 27.4. The first-order valence-electron chi connectivity index (χ1n) is 27.4. The van der Waals surface area contributed by atoms with Gasteiger partial charge in [-0.3, -0.25) is 0 Å². The highest BCUT2D eigenvalue weighted by atomic mass is 19.2. The molecule has 0 fully saturated rings. The van der Waals surface area contributed by atoms with Crippen molar-refractivity contribution in [3.63, 3.8) is 0 Å². The second kappa shape index (κ2) is 33.0. The zero-order valence-electron chi connectivity index (χ0n) is 50.6. The van der Waals surface area contributed by atoms with E-state index in [9.17, 15) is 176 Å². The maximum atomic E-state index is 13.4. The lowest BCUT2D eigenvalue weighted by Gasteiger charge is -2.11.